The SMILES string of the molecule is C=C(C)C(=O)OCCC(=O)C(CCC(CC)C(=O)CCO)CC(C)(CC(C)N1CCCCCC1=O)C(=O)OCCOc1ccccc1. The van der Waals surface area contributed by atoms with E-state index < -0.39 is 23.3 Å². The molecule has 4 atom stereocenters. The highest BCUT2D eigenvalue weighted by Gasteiger charge is 2.42. The van der Waals surface area contributed by atoms with Crippen molar-refractivity contribution in [3.05, 3.63) is 42.5 Å². The van der Waals surface area contributed by atoms with Crippen LogP contribution in [0.3, 0.4) is 0 Å². The predicted octanol–water partition coefficient (Wildman–Crippen LogP) is 5.64. The van der Waals surface area contributed by atoms with E-state index in [1.54, 1.807) is 6.92 Å². The number of nitrogens with zero attached hydrogens (tertiary/aromatic N) is 1. The molecule has 0 bridgehead atoms. The molecule has 1 aliphatic rings. The van der Waals surface area contributed by atoms with Crippen molar-refractivity contribution in [3.8, 4) is 5.75 Å². The average molecular weight is 658 g/mol. The molecule has 0 spiro atoms. The largest absolute Gasteiger partial charge is 0.490 e. The van der Waals surface area contributed by atoms with Gasteiger partial charge in [-0.3, -0.25) is 19.2 Å². The van der Waals surface area contributed by atoms with Crippen LogP contribution in [0.1, 0.15) is 98.3 Å². The van der Waals surface area contributed by atoms with Crippen molar-refractivity contribution in [3.63, 3.8) is 0 Å². The quantitative estimate of drug-likeness (QED) is 0.0955. The van der Waals surface area contributed by atoms with Crippen LogP contribution in [0, 0.1) is 17.3 Å². The first-order valence-corrected chi connectivity index (χ1v) is 17.0. The average Bonchev–Trinajstić information content (AvgIpc) is 3.27. The van der Waals surface area contributed by atoms with Gasteiger partial charge >= 0.3 is 11.9 Å². The van der Waals surface area contributed by atoms with Crippen LogP contribution in [0.5, 0.6) is 5.75 Å². The molecule has 1 amide bonds. The topological polar surface area (TPSA) is 137 Å². The smallest absolute Gasteiger partial charge is 0.333 e. The minimum absolute atomic E-state index is 0.00336. The summed E-state index contributed by atoms with van der Waals surface area (Å²) in [6, 6.07) is 8.92. The van der Waals surface area contributed by atoms with Crippen LogP contribution in [0.2, 0.25) is 0 Å². The third-order valence-corrected chi connectivity index (χ3v) is 8.96. The number of ketones is 2. The normalized spacial score (nSPS) is 16.6. The standard InChI is InChI=1S/C37H55NO9/c1-6-29(32(40)18-21-39)16-17-30(33(41)19-22-46-35(43)27(2)3)26-37(5,25-28(4)38-20-12-8-11-15-34(38)42)36(44)47-24-23-45-31-13-9-7-10-14-31/h7,9-10,13-14,28-30,39H,2,6,8,11-12,15-26H2,1,3-5H3. The van der Waals surface area contributed by atoms with Crippen molar-refractivity contribution in [2.45, 2.75) is 104 Å². The van der Waals surface area contributed by atoms with Crippen molar-refractivity contribution in [1.82, 2.24) is 4.90 Å². The number of aliphatic hydroxyl groups excluding tert-OH is 1. The van der Waals surface area contributed by atoms with E-state index in [0.717, 1.165) is 19.3 Å². The molecule has 1 fully saturated rings. The molecule has 0 saturated carbocycles. The Kier molecular flexibility index (Phi) is 17.4. The summed E-state index contributed by atoms with van der Waals surface area (Å²) in [5, 5.41) is 9.31. The van der Waals surface area contributed by atoms with Gasteiger partial charge in [-0.1, -0.05) is 38.1 Å². The van der Waals surface area contributed by atoms with Gasteiger partial charge in [0.2, 0.25) is 5.91 Å². The van der Waals surface area contributed by atoms with Gasteiger partial charge in [0.1, 0.15) is 30.5 Å². The molecule has 1 heterocycles. The summed E-state index contributed by atoms with van der Waals surface area (Å²) < 4.78 is 16.7. The van der Waals surface area contributed by atoms with E-state index in [1.165, 1.54) is 6.92 Å². The lowest BCUT2D eigenvalue weighted by Crippen LogP contribution is -2.44. The molecule has 0 radical (unpaired) electrons. The number of rotatable bonds is 22. The molecule has 47 heavy (non-hydrogen) atoms. The first-order chi connectivity index (χ1) is 22.4. The second kappa shape index (κ2) is 20.7. The molecule has 2 rings (SSSR count). The summed E-state index contributed by atoms with van der Waals surface area (Å²) in [5.74, 6) is -1.59. The van der Waals surface area contributed by atoms with Gasteiger partial charge in [0.25, 0.3) is 0 Å². The lowest BCUT2D eigenvalue weighted by Gasteiger charge is -2.37. The number of hydrogen-bond donors (Lipinski definition) is 1. The van der Waals surface area contributed by atoms with Gasteiger partial charge in [-0.2, -0.15) is 0 Å². The van der Waals surface area contributed by atoms with Gasteiger partial charge in [0.05, 0.1) is 12.0 Å². The number of hydrogen-bond acceptors (Lipinski definition) is 9. The third-order valence-electron chi connectivity index (χ3n) is 8.96. The summed E-state index contributed by atoms with van der Waals surface area (Å²) >= 11 is 0. The highest BCUT2D eigenvalue weighted by Crippen LogP contribution is 2.38. The van der Waals surface area contributed by atoms with Crippen molar-refractivity contribution in [2.24, 2.45) is 17.3 Å². The molecule has 0 aromatic heterocycles. The van der Waals surface area contributed by atoms with Crippen LogP contribution in [0.4, 0.5) is 0 Å². The number of para-hydroxylation sites is 1. The molecule has 10 nitrogen and oxygen atoms in total. The summed E-state index contributed by atoms with van der Waals surface area (Å²) in [5.41, 5.74) is -0.921. The Balaban J connectivity index is 2.30. The highest BCUT2D eigenvalue weighted by atomic mass is 16.6. The van der Waals surface area contributed by atoms with E-state index in [4.69, 9.17) is 14.2 Å². The maximum atomic E-state index is 13.9. The summed E-state index contributed by atoms with van der Waals surface area (Å²) in [4.78, 5) is 67.1. The zero-order chi connectivity index (χ0) is 34.8. The van der Waals surface area contributed by atoms with E-state index >= 15 is 0 Å². The Bertz CT molecular complexity index is 1180. The van der Waals surface area contributed by atoms with Crippen LogP contribution in [-0.4, -0.2) is 78.4 Å². The van der Waals surface area contributed by atoms with Crippen LogP contribution in [0.15, 0.2) is 42.5 Å². The van der Waals surface area contributed by atoms with E-state index in [0.29, 0.717) is 38.0 Å². The number of amides is 1. The Morgan fingerprint density at radius 3 is 2.28 bits per heavy atom. The molecular formula is C37H55NO9. The molecule has 4 unspecified atom stereocenters. The molecule has 10 heteroatoms. The minimum Gasteiger partial charge on any atom is -0.490 e. The lowest BCUT2D eigenvalue weighted by atomic mass is 9.72. The van der Waals surface area contributed by atoms with E-state index in [-0.39, 0.29) is 87.1 Å². The molecular weight excluding hydrogens is 602 g/mol. The lowest BCUT2D eigenvalue weighted by molar-refractivity contribution is -0.159. The summed E-state index contributed by atoms with van der Waals surface area (Å²) in [7, 11) is 0. The molecule has 0 aliphatic carbocycles. The first-order valence-electron chi connectivity index (χ1n) is 17.0. The van der Waals surface area contributed by atoms with E-state index in [1.807, 2.05) is 49.1 Å². The van der Waals surface area contributed by atoms with Gasteiger partial charge in [-0.25, -0.2) is 4.79 Å². The second-order valence-corrected chi connectivity index (χ2v) is 13.0. The van der Waals surface area contributed by atoms with Gasteiger partial charge in [-0.15, -0.1) is 0 Å². The van der Waals surface area contributed by atoms with Crippen LogP contribution >= 0.6 is 0 Å². The fourth-order valence-corrected chi connectivity index (χ4v) is 6.27. The zero-order valence-corrected chi connectivity index (χ0v) is 28.8. The Labute approximate surface area is 280 Å². The van der Waals surface area contributed by atoms with Crippen molar-refractivity contribution < 1.29 is 43.3 Å². The predicted molar refractivity (Wildman–Crippen MR) is 178 cm³/mol. The number of esters is 2. The zero-order valence-electron chi connectivity index (χ0n) is 28.8. The summed E-state index contributed by atoms with van der Waals surface area (Å²) in [6.45, 7) is 11.1. The number of likely N-dealkylation sites (tertiary alicyclic amines) is 1. The monoisotopic (exact) mass is 657 g/mol. The fourth-order valence-electron chi connectivity index (χ4n) is 6.27. The van der Waals surface area contributed by atoms with Gasteiger partial charge in [-0.05, 0) is 77.8 Å². The van der Waals surface area contributed by atoms with Crippen molar-refractivity contribution >= 4 is 29.4 Å². The molecule has 262 valence electrons. The number of carbonyl (C=O) groups is 5. The maximum Gasteiger partial charge on any atom is 0.333 e. The number of aliphatic hydroxyl groups is 1. The third kappa shape index (κ3) is 13.6. The Morgan fingerprint density at radius 2 is 1.62 bits per heavy atom. The molecule has 1 aromatic carbocycles. The van der Waals surface area contributed by atoms with E-state index in [2.05, 4.69) is 6.58 Å². The number of Topliss-reactive ketones (excluding diaryl/α,β-unsaturated/α-hetero) is 2. The first kappa shape index (κ1) is 39.6. The minimum atomic E-state index is -1.15. The Morgan fingerprint density at radius 1 is 0.936 bits per heavy atom. The molecule has 1 aromatic rings. The molecule has 1 saturated heterocycles. The van der Waals surface area contributed by atoms with E-state index in [9.17, 15) is 29.1 Å². The number of carbonyl (C=O) groups excluding carboxylic acids is 5. The van der Waals surface area contributed by atoms with Crippen LogP contribution in [0.25, 0.3) is 0 Å². The second-order valence-electron chi connectivity index (χ2n) is 13.0. The van der Waals surface area contributed by atoms with Crippen molar-refractivity contribution in [2.75, 3.05) is 33.0 Å². The fraction of sp³-hybridized carbons (Fsp3) is 0.649. The van der Waals surface area contributed by atoms with Crippen molar-refractivity contribution in [1.29, 1.82) is 0 Å². The number of ether oxygens (including phenoxy) is 3. The molecule has 1 N–H and O–H groups in total. The van der Waals surface area contributed by atoms with Gasteiger partial charge in [0.15, 0.2) is 0 Å². The Hall–Kier alpha value is -3.53. The number of benzene rings is 1. The maximum absolute atomic E-state index is 13.9. The molecule has 1 aliphatic heterocycles. The highest BCUT2D eigenvalue weighted by molar-refractivity contribution is 5.88. The van der Waals surface area contributed by atoms with Gasteiger partial charge < -0.3 is 24.2 Å². The van der Waals surface area contributed by atoms with Gasteiger partial charge in [0, 0.05) is 55.9 Å². The summed E-state index contributed by atoms with van der Waals surface area (Å²) in [6.07, 6.45) is 4.87. The van der Waals surface area contributed by atoms with Crippen LogP contribution < -0.4 is 4.74 Å². The van der Waals surface area contributed by atoms with Crippen LogP contribution in [-0.2, 0) is 33.4 Å².